The molecule has 0 aliphatic carbocycles. The molecular weight excluding hydrogens is 204 g/mol. The van der Waals surface area contributed by atoms with Gasteiger partial charge in [0.15, 0.2) is 12.1 Å². The fraction of sp³-hybridized carbons (Fsp3) is 0.154. The minimum Gasteiger partial charge on any atom is -0.365 e. The van der Waals surface area contributed by atoms with Crippen LogP contribution in [0.3, 0.4) is 0 Å². The Balaban J connectivity index is 2.07. The molecule has 2 atom stereocenters. The van der Waals surface area contributed by atoms with E-state index < -0.39 is 12.4 Å². The number of ether oxygens (including phenoxy) is 1. The monoisotopic (exact) mass is 216 g/mol. The maximum atomic E-state index is 11.4. The molecule has 1 aromatic carbocycles. The molecule has 16 heavy (non-hydrogen) atoms. The average Bonchev–Trinajstić information content (AvgIpc) is 2.32. The number of carbonyl (C=O) groups excluding carboxylic acids is 1. The molecule has 0 saturated carbocycles. The van der Waals surface area contributed by atoms with Gasteiger partial charge in [0, 0.05) is 0 Å². The van der Waals surface area contributed by atoms with Gasteiger partial charge in [-0.25, -0.2) is 0 Å². The van der Waals surface area contributed by atoms with Gasteiger partial charge < -0.3 is 9.84 Å². The highest BCUT2D eigenvalue weighted by molar-refractivity contribution is 5.96. The maximum absolute atomic E-state index is 11.4. The van der Waals surface area contributed by atoms with Crippen molar-refractivity contribution in [2.24, 2.45) is 0 Å². The molecule has 0 fully saturated rings. The summed E-state index contributed by atoms with van der Waals surface area (Å²) in [6, 6.07) is 9.61. The number of ketones is 1. The number of benzene rings is 1. The zero-order valence-electron chi connectivity index (χ0n) is 8.61. The van der Waals surface area contributed by atoms with Gasteiger partial charge in [0.25, 0.3) is 0 Å². The van der Waals surface area contributed by atoms with Crippen LogP contribution in [0.15, 0.2) is 48.6 Å². The van der Waals surface area contributed by atoms with Gasteiger partial charge in [0.2, 0.25) is 0 Å². The van der Waals surface area contributed by atoms with Crippen LogP contribution in [0, 0.1) is 0 Å². The zero-order valence-corrected chi connectivity index (χ0v) is 8.61. The minimum absolute atomic E-state index is 0.155. The van der Waals surface area contributed by atoms with E-state index in [9.17, 15) is 9.90 Å². The highest BCUT2D eigenvalue weighted by atomic mass is 16.6. The second kappa shape index (κ2) is 4.88. The number of hydrogen-bond donors (Lipinski definition) is 1. The molecule has 0 aromatic heterocycles. The summed E-state index contributed by atoms with van der Waals surface area (Å²) in [6.07, 6.45) is 4.42. The fourth-order valence-corrected chi connectivity index (χ4v) is 1.44. The normalized spacial score (nSPS) is 25.2. The van der Waals surface area contributed by atoms with Gasteiger partial charge in [-0.2, -0.15) is 0 Å². The molecule has 1 aromatic rings. The lowest BCUT2D eigenvalue weighted by atomic mass is 10.1. The Kier molecular flexibility index (Phi) is 3.29. The predicted octanol–water partition coefficient (Wildman–Crippen LogP) is 1.54. The Hall–Kier alpha value is -1.71. The highest BCUT2D eigenvalue weighted by Crippen LogP contribution is 2.11. The van der Waals surface area contributed by atoms with Crippen molar-refractivity contribution in [3.63, 3.8) is 0 Å². The van der Waals surface area contributed by atoms with Crippen LogP contribution in [-0.4, -0.2) is 23.3 Å². The Morgan fingerprint density at radius 2 is 2.00 bits per heavy atom. The third kappa shape index (κ3) is 2.66. The maximum Gasteiger partial charge on any atom is 0.188 e. The molecule has 2 rings (SSSR count). The SMILES string of the molecule is O=C1C=CC(O)O[C@H]1/C=C/c1ccccc1. The van der Waals surface area contributed by atoms with Crippen molar-refractivity contribution in [1.82, 2.24) is 0 Å². The van der Waals surface area contributed by atoms with Crippen LogP contribution in [0.25, 0.3) is 6.08 Å². The van der Waals surface area contributed by atoms with E-state index in [1.54, 1.807) is 12.2 Å². The zero-order chi connectivity index (χ0) is 11.4. The summed E-state index contributed by atoms with van der Waals surface area (Å²) in [6.45, 7) is 0. The Bertz CT molecular complexity index is 420. The lowest BCUT2D eigenvalue weighted by molar-refractivity contribution is -0.140. The molecule has 0 amide bonds. The van der Waals surface area contributed by atoms with E-state index in [-0.39, 0.29) is 5.78 Å². The minimum atomic E-state index is -0.997. The molecule has 1 unspecified atom stereocenters. The molecule has 1 N–H and O–H groups in total. The summed E-state index contributed by atoms with van der Waals surface area (Å²) >= 11 is 0. The van der Waals surface area contributed by atoms with Gasteiger partial charge in [-0.3, -0.25) is 4.79 Å². The molecular formula is C13H12O3. The average molecular weight is 216 g/mol. The van der Waals surface area contributed by atoms with Gasteiger partial charge in [0.05, 0.1) is 0 Å². The van der Waals surface area contributed by atoms with Crippen molar-refractivity contribution < 1.29 is 14.6 Å². The largest absolute Gasteiger partial charge is 0.365 e. The van der Waals surface area contributed by atoms with Gasteiger partial charge in [-0.05, 0) is 23.8 Å². The van der Waals surface area contributed by atoms with Gasteiger partial charge >= 0.3 is 0 Å². The fourth-order valence-electron chi connectivity index (χ4n) is 1.44. The predicted molar refractivity (Wildman–Crippen MR) is 60.5 cm³/mol. The van der Waals surface area contributed by atoms with Crippen LogP contribution in [0.2, 0.25) is 0 Å². The Morgan fingerprint density at radius 1 is 1.25 bits per heavy atom. The summed E-state index contributed by atoms with van der Waals surface area (Å²) in [5.41, 5.74) is 0.989. The lowest BCUT2D eigenvalue weighted by Crippen LogP contribution is -2.29. The summed E-state index contributed by atoms with van der Waals surface area (Å²) in [5, 5.41) is 9.20. The van der Waals surface area contributed by atoms with Crippen LogP contribution >= 0.6 is 0 Å². The molecule has 0 spiro atoms. The third-order valence-corrected chi connectivity index (χ3v) is 2.25. The molecule has 82 valence electrons. The second-order valence-electron chi connectivity index (χ2n) is 3.48. The standard InChI is InChI=1S/C13H12O3/c14-11-7-9-13(15)16-12(11)8-6-10-4-2-1-3-5-10/h1-9,12-13,15H/b8-6+/t12-,13?/m0/s1. The Labute approximate surface area is 93.7 Å². The Morgan fingerprint density at radius 3 is 2.75 bits per heavy atom. The van der Waals surface area contributed by atoms with Gasteiger partial charge in [-0.15, -0.1) is 0 Å². The van der Waals surface area contributed by atoms with Crippen molar-refractivity contribution in [2.45, 2.75) is 12.4 Å². The quantitative estimate of drug-likeness (QED) is 0.815. The molecule has 3 heteroatoms. The first-order valence-electron chi connectivity index (χ1n) is 5.04. The highest BCUT2D eigenvalue weighted by Gasteiger charge is 2.20. The summed E-state index contributed by atoms with van der Waals surface area (Å²) in [7, 11) is 0. The van der Waals surface area contributed by atoms with E-state index >= 15 is 0 Å². The van der Waals surface area contributed by atoms with Gasteiger partial charge in [-0.1, -0.05) is 36.4 Å². The van der Waals surface area contributed by atoms with E-state index in [1.165, 1.54) is 12.2 Å². The smallest absolute Gasteiger partial charge is 0.188 e. The molecule has 0 bridgehead atoms. The van der Waals surface area contributed by atoms with E-state index in [0.717, 1.165) is 5.56 Å². The second-order valence-corrected chi connectivity index (χ2v) is 3.48. The molecule has 1 heterocycles. The van der Waals surface area contributed by atoms with Crippen LogP contribution in [0.5, 0.6) is 0 Å². The van der Waals surface area contributed by atoms with Crippen molar-refractivity contribution in [3.05, 3.63) is 54.1 Å². The summed E-state index contributed by atoms with van der Waals surface area (Å²) in [4.78, 5) is 11.4. The number of aliphatic hydroxyl groups excluding tert-OH is 1. The van der Waals surface area contributed by atoms with E-state index in [0.29, 0.717) is 0 Å². The van der Waals surface area contributed by atoms with E-state index in [4.69, 9.17) is 4.74 Å². The van der Waals surface area contributed by atoms with Crippen LogP contribution in [0.1, 0.15) is 5.56 Å². The first-order chi connectivity index (χ1) is 7.75. The number of hydrogen-bond acceptors (Lipinski definition) is 3. The summed E-state index contributed by atoms with van der Waals surface area (Å²) in [5.74, 6) is -0.155. The number of aliphatic hydroxyl groups is 1. The lowest BCUT2D eigenvalue weighted by Gasteiger charge is -2.18. The molecule has 0 saturated heterocycles. The van der Waals surface area contributed by atoms with Crippen molar-refractivity contribution in [2.75, 3.05) is 0 Å². The van der Waals surface area contributed by atoms with Crippen LogP contribution in [-0.2, 0) is 9.53 Å². The van der Waals surface area contributed by atoms with E-state index in [1.807, 2.05) is 30.3 Å². The topological polar surface area (TPSA) is 46.5 Å². The van der Waals surface area contributed by atoms with Crippen molar-refractivity contribution >= 4 is 11.9 Å². The summed E-state index contributed by atoms with van der Waals surface area (Å²) < 4.78 is 5.05. The van der Waals surface area contributed by atoms with Gasteiger partial charge in [0.1, 0.15) is 6.10 Å². The molecule has 1 aliphatic rings. The molecule has 1 aliphatic heterocycles. The first kappa shape index (κ1) is 10.8. The number of rotatable bonds is 2. The van der Waals surface area contributed by atoms with Crippen molar-refractivity contribution in [3.8, 4) is 0 Å². The molecule has 0 radical (unpaired) electrons. The number of carbonyl (C=O) groups is 1. The van der Waals surface area contributed by atoms with Crippen molar-refractivity contribution in [1.29, 1.82) is 0 Å². The van der Waals surface area contributed by atoms with Crippen LogP contribution in [0.4, 0.5) is 0 Å². The van der Waals surface area contributed by atoms with Crippen LogP contribution < -0.4 is 0 Å². The van der Waals surface area contributed by atoms with E-state index in [2.05, 4.69) is 0 Å². The third-order valence-electron chi connectivity index (χ3n) is 2.25. The molecule has 3 nitrogen and oxygen atoms in total. The first-order valence-corrected chi connectivity index (χ1v) is 5.04.